The summed E-state index contributed by atoms with van der Waals surface area (Å²) in [5.74, 6) is -0.339. The topological polar surface area (TPSA) is 117 Å². The summed E-state index contributed by atoms with van der Waals surface area (Å²) in [6, 6.07) is 0. The standard InChI is InChI=1S/C48H94NO7P/c1-3-5-7-9-11-13-15-17-19-21-22-23-24-25-26-28-30-32-34-36-38-40-43-53-45-47(46-55-57(51,52)54-44-42-49)56-48(50)41-39-37-35-33-31-29-27-20-18-16-14-12-10-8-6-4-2/h14,16,20,27,47H,3-13,15,17-19,21-26,28-46,49H2,1-2H3,(H,51,52)/b16-14-,27-20-. The first-order valence-electron chi connectivity index (χ1n) is 24.3. The van der Waals surface area contributed by atoms with Gasteiger partial charge in [-0.1, -0.05) is 212 Å². The van der Waals surface area contributed by atoms with Gasteiger partial charge in [-0.3, -0.25) is 13.8 Å². The van der Waals surface area contributed by atoms with Crippen molar-refractivity contribution in [3.63, 3.8) is 0 Å². The Kier molecular flexibility index (Phi) is 45.2. The summed E-state index contributed by atoms with van der Waals surface area (Å²) < 4.78 is 33.5. The number of hydrogen-bond donors (Lipinski definition) is 2. The summed E-state index contributed by atoms with van der Waals surface area (Å²) in [5.41, 5.74) is 5.38. The molecule has 0 aromatic carbocycles. The Labute approximate surface area is 353 Å². The minimum Gasteiger partial charge on any atom is -0.457 e. The first kappa shape index (κ1) is 56.0. The third-order valence-corrected chi connectivity index (χ3v) is 11.6. The van der Waals surface area contributed by atoms with Gasteiger partial charge in [-0.25, -0.2) is 4.57 Å². The Bertz CT molecular complexity index is 930. The first-order chi connectivity index (χ1) is 27.9. The number of ether oxygens (including phenoxy) is 2. The Morgan fingerprint density at radius 1 is 0.526 bits per heavy atom. The van der Waals surface area contributed by atoms with Crippen molar-refractivity contribution in [3.8, 4) is 0 Å². The number of carbonyl (C=O) groups excluding carboxylic acids is 1. The molecule has 3 N–H and O–H groups in total. The van der Waals surface area contributed by atoms with Crippen LogP contribution in [-0.4, -0.2) is 49.9 Å². The van der Waals surface area contributed by atoms with Crippen LogP contribution >= 0.6 is 7.82 Å². The van der Waals surface area contributed by atoms with Crippen LogP contribution in [0.3, 0.4) is 0 Å². The molecule has 0 aliphatic heterocycles. The maximum absolute atomic E-state index is 12.6. The highest BCUT2D eigenvalue weighted by Crippen LogP contribution is 2.43. The third kappa shape index (κ3) is 45.9. The minimum absolute atomic E-state index is 0.0961. The van der Waals surface area contributed by atoms with Crippen LogP contribution in [0.1, 0.15) is 239 Å². The molecule has 0 aliphatic carbocycles. The lowest BCUT2D eigenvalue weighted by Crippen LogP contribution is -2.28. The Balaban J connectivity index is 3.93. The summed E-state index contributed by atoms with van der Waals surface area (Å²) in [7, 11) is -4.28. The van der Waals surface area contributed by atoms with Gasteiger partial charge in [0.15, 0.2) is 0 Å². The molecule has 8 nitrogen and oxygen atoms in total. The predicted molar refractivity (Wildman–Crippen MR) is 243 cm³/mol. The number of rotatable bonds is 47. The number of phosphoric acid groups is 1. The van der Waals surface area contributed by atoms with Gasteiger partial charge in [0.25, 0.3) is 0 Å². The van der Waals surface area contributed by atoms with Gasteiger partial charge in [0, 0.05) is 19.6 Å². The predicted octanol–water partition coefficient (Wildman–Crippen LogP) is 14.8. The fraction of sp³-hybridized carbons (Fsp3) is 0.896. The van der Waals surface area contributed by atoms with Crippen LogP contribution in [0.4, 0.5) is 0 Å². The second-order valence-electron chi connectivity index (χ2n) is 16.3. The summed E-state index contributed by atoms with van der Waals surface area (Å²) in [5, 5.41) is 0. The lowest BCUT2D eigenvalue weighted by molar-refractivity contribution is -0.154. The highest BCUT2D eigenvalue weighted by Gasteiger charge is 2.25. The molecule has 2 atom stereocenters. The van der Waals surface area contributed by atoms with Crippen LogP contribution < -0.4 is 5.73 Å². The Hall–Kier alpha value is -1.02. The monoisotopic (exact) mass is 828 g/mol. The van der Waals surface area contributed by atoms with Crippen molar-refractivity contribution in [3.05, 3.63) is 24.3 Å². The van der Waals surface area contributed by atoms with Crippen LogP contribution in [0.2, 0.25) is 0 Å². The van der Waals surface area contributed by atoms with Crippen molar-refractivity contribution < 1.29 is 32.8 Å². The second-order valence-corrected chi connectivity index (χ2v) is 17.8. The van der Waals surface area contributed by atoms with E-state index in [-0.39, 0.29) is 32.3 Å². The lowest BCUT2D eigenvalue weighted by Gasteiger charge is -2.20. The van der Waals surface area contributed by atoms with Crippen molar-refractivity contribution in [2.45, 2.75) is 245 Å². The molecule has 0 aromatic rings. The van der Waals surface area contributed by atoms with E-state index in [1.807, 2.05) is 0 Å². The van der Waals surface area contributed by atoms with E-state index >= 15 is 0 Å². The molecule has 0 aliphatic rings. The van der Waals surface area contributed by atoms with Gasteiger partial charge in [0.05, 0.1) is 19.8 Å². The smallest absolute Gasteiger partial charge is 0.457 e. The molecule has 0 saturated heterocycles. The lowest BCUT2D eigenvalue weighted by atomic mass is 10.0. The van der Waals surface area contributed by atoms with Gasteiger partial charge < -0.3 is 20.1 Å². The van der Waals surface area contributed by atoms with Crippen molar-refractivity contribution >= 4 is 13.8 Å². The van der Waals surface area contributed by atoms with E-state index in [9.17, 15) is 14.3 Å². The molecular weight excluding hydrogens is 734 g/mol. The summed E-state index contributed by atoms with van der Waals surface area (Å²) in [6.45, 7) is 4.93. The molecule has 0 bridgehead atoms. The SMILES string of the molecule is CCCCCC/C=C\C/C=C\CCCCCCCC(=O)OC(COCCCCCCCCCCCCCCCCCCCCCCCC)COP(=O)(O)OCCN. The van der Waals surface area contributed by atoms with E-state index in [1.165, 1.54) is 161 Å². The summed E-state index contributed by atoms with van der Waals surface area (Å²) >= 11 is 0. The second kappa shape index (κ2) is 46.1. The molecule has 0 heterocycles. The molecule has 9 heteroatoms. The Morgan fingerprint density at radius 2 is 0.930 bits per heavy atom. The van der Waals surface area contributed by atoms with Crippen LogP contribution in [0.5, 0.6) is 0 Å². The van der Waals surface area contributed by atoms with Gasteiger partial charge in [-0.05, 0) is 44.9 Å². The fourth-order valence-electron chi connectivity index (χ4n) is 7.03. The molecule has 0 aromatic heterocycles. The van der Waals surface area contributed by atoms with Gasteiger partial charge in [-0.2, -0.15) is 0 Å². The molecular formula is C48H94NO7P. The third-order valence-electron chi connectivity index (χ3n) is 10.6. The maximum atomic E-state index is 12.6. The molecule has 0 rings (SSSR count). The summed E-state index contributed by atoms with van der Waals surface area (Å²) in [6.07, 6.45) is 52.1. The number of unbranched alkanes of at least 4 members (excludes halogenated alkanes) is 30. The molecule has 338 valence electrons. The number of esters is 1. The Morgan fingerprint density at radius 3 is 1.39 bits per heavy atom. The van der Waals surface area contributed by atoms with Crippen LogP contribution in [-0.2, 0) is 27.9 Å². The molecule has 57 heavy (non-hydrogen) atoms. The zero-order chi connectivity index (χ0) is 41.6. The van der Waals surface area contributed by atoms with E-state index in [4.69, 9.17) is 24.3 Å². The number of hydrogen-bond acceptors (Lipinski definition) is 7. The molecule has 0 spiro atoms. The maximum Gasteiger partial charge on any atom is 0.472 e. The first-order valence-corrected chi connectivity index (χ1v) is 25.8. The molecule has 0 radical (unpaired) electrons. The molecule has 2 unspecified atom stereocenters. The van der Waals surface area contributed by atoms with Gasteiger partial charge in [0.1, 0.15) is 6.10 Å². The van der Waals surface area contributed by atoms with Gasteiger partial charge in [-0.15, -0.1) is 0 Å². The van der Waals surface area contributed by atoms with Crippen molar-refractivity contribution in [2.24, 2.45) is 5.73 Å². The van der Waals surface area contributed by atoms with E-state index in [0.29, 0.717) is 13.0 Å². The molecule has 0 saturated carbocycles. The average molecular weight is 828 g/mol. The quantitative estimate of drug-likeness (QED) is 0.0270. The van der Waals surface area contributed by atoms with Gasteiger partial charge >= 0.3 is 13.8 Å². The van der Waals surface area contributed by atoms with Crippen molar-refractivity contribution in [2.75, 3.05) is 33.0 Å². The van der Waals surface area contributed by atoms with E-state index in [2.05, 4.69) is 38.2 Å². The van der Waals surface area contributed by atoms with E-state index in [0.717, 1.165) is 57.8 Å². The molecule has 0 fully saturated rings. The van der Waals surface area contributed by atoms with Crippen LogP contribution in [0, 0.1) is 0 Å². The normalized spacial score (nSPS) is 13.5. The average Bonchev–Trinajstić information content (AvgIpc) is 3.20. The number of phosphoric ester groups is 1. The highest BCUT2D eigenvalue weighted by atomic mass is 31.2. The minimum atomic E-state index is -4.28. The van der Waals surface area contributed by atoms with Crippen LogP contribution in [0.15, 0.2) is 24.3 Å². The molecule has 0 amide bonds. The van der Waals surface area contributed by atoms with Gasteiger partial charge in [0.2, 0.25) is 0 Å². The highest BCUT2D eigenvalue weighted by molar-refractivity contribution is 7.47. The zero-order valence-corrected chi connectivity index (χ0v) is 38.5. The van der Waals surface area contributed by atoms with E-state index in [1.54, 1.807) is 0 Å². The van der Waals surface area contributed by atoms with Crippen molar-refractivity contribution in [1.82, 2.24) is 0 Å². The fourth-order valence-corrected chi connectivity index (χ4v) is 7.79. The van der Waals surface area contributed by atoms with Crippen molar-refractivity contribution in [1.29, 1.82) is 0 Å². The number of carbonyl (C=O) groups is 1. The zero-order valence-electron chi connectivity index (χ0n) is 37.6. The largest absolute Gasteiger partial charge is 0.472 e. The van der Waals surface area contributed by atoms with E-state index < -0.39 is 13.9 Å². The number of nitrogens with two attached hydrogens (primary N) is 1. The van der Waals surface area contributed by atoms with Crippen LogP contribution in [0.25, 0.3) is 0 Å². The number of allylic oxidation sites excluding steroid dienone is 4. The summed E-state index contributed by atoms with van der Waals surface area (Å²) in [4.78, 5) is 22.5.